The number of esters is 1. The highest BCUT2D eigenvalue weighted by Gasteiger charge is 2.06. The Bertz CT molecular complexity index is 269. The summed E-state index contributed by atoms with van der Waals surface area (Å²) in [6, 6.07) is 0. The van der Waals surface area contributed by atoms with E-state index in [1.165, 1.54) is 103 Å². The molecule has 3 heteroatoms. The lowest BCUT2D eigenvalue weighted by molar-refractivity contribution is -0.140. The van der Waals surface area contributed by atoms with Crippen molar-refractivity contribution < 1.29 is 9.53 Å². The van der Waals surface area contributed by atoms with Crippen molar-refractivity contribution in [3.63, 3.8) is 0 Å². The molecule has 0 aromatic rings. The first-order valence-electron chi connectivity index (χ1n) is 10.8. The minimum atomic E-state index is -0.0668. The van der Waals surface area contributed by atoms with Crippen molar-refractivity contribution in [3.8, 4) is 0 Å². The molecule has 3 N–H and O–H groups in total. The molecule has 25 heavy (non-hydrogen) atoms. The Morgan fingerprint density at radius 3 is 1.52 bits per heavy atom. The van der Waals surface area contributed by atoms with Crippen molar-refractivity contribution >= 4 is 5.97 Å². The largest absolute Gasteiger partial charge is 0.469 e. The van der Waals surface area contributed by atoms with Crippen molar-refractivity contribution in [2.75, 3.05) is 7.11 Å². The van der Waals surface area contributed by atoms with E-state index >= 15 is 0 Å². The summed E-state index contributed by atoms with van der Waals surface area (Å²) in [5.41, 5.74) is 0. The van der Waals surface area contributed by atoms with E-state index in [0.29, 0.717) is 12.3 Å². The van der Waals surface area contributed by atoms with Crippen LogP contribution in [0.3, 0.4) is 0 Å². The van der Waals surface area contributed by atoms with Crippen LogP contribution in [0.25, 0.3) is 0 Å². The molecule has 0 radical (unpaired) electrons. The zero-order valence-electron chi connectivity index (χ0n) is 17.6. The zero-order valence-corrected chi connectivity index (χ0v) is 17.6. The third-order valence-electron chi connectivity index (χ3n) is 5.12. The van der Waals surface area contributed by atoms with E-state index in [9.17, 15) is 4.79 Å². The van der Waals surface area contributed by atoms with Gasteiger partial charge in [-0.25, -0.2) is 0 Å². The number of carbonyl (C=O) groups is 1. The van der Waals surface area contributed by atoms with E-state index < -0.39 is 0 Å². The maximum Gasteiger partial charge on any atom is 0.305 e. The van der Waals surface area contributed by atoms with Gasteiger partial charge in [0.25, 0.3) is 0 Å². The minimum absolute atomic E-state index is 0. The molecule has 0 amide bonds. The van der Waals surface area contributed by atoms with Gasteiger partial charge in [-0.05, 0) is 12.3 Å². The fourth-order valence-electron chi connectivity index (χ4n) is 3.30. The quantitative estimate of drug-likeness (QED) is 0.203. The second kappa shape index (κ2) is 21.5. The summed E-state index contributed by atoms with van der Waals surface area (Å²) in [7, 11) is 1.47. The van der Waals surface area contributed by atoms with E-state index in [1.807, 2.05) is 0 Å². The number of ether oxygens (including phenoxy) is 1. The molecule has 0 saturated heterocycles. The third kappa shape index (κ3) is 21.4. The molecule has 152 valence electrons. The molecule has 1 unspecified atom stereocenters. The fraction of sp³-hybridized carbons (Fsp3) is 0.955. The number of unbranched alkanes of at least 4 members (excludes halogenated alkanes) is 13. The molecule has 0 aliphatic carbocycles. The van der Waals surface area contributed by atoms with Gasteiger partial charge in [0.2, 0.25) is 0 Å². The van der Waals surface area contributed by atoms with Crippen LogP contribution in [0.4, 0.5) is 0 Å². The number of methoxy groups -OCH3 is 1. The lowest BCUT2D eigenvalue weighted by Gasteiger charge is -2.10. The van der Waals surface area contributed by atoms with Crippen LogP contribution in [0, 0.1) is 5.92 Å². The van der Waals surface area contributed by atoms with Crippen molar-refractivity contribution in [2.24, 2.45) is 5.92 Å². The zero-order chi connectivity index (χ0) is 17.9. The van der Waals surface area contributed by atoms with Crippen LogP contribution < -0.4 is 6.15 Å². The molecule has 0 bridgehead atoms. The van der Waals surface area contributed by atoms with Crippen LogP contribution in [0.5, 0.6) is 0 Å². The highest BCUT2D eigenvalue weighted by Crippen LogP contribution is 2.17. The highest BCUT2D eigenvalue weighted by atomic mass is 16.5. The predicted molar refractivity (Wildman–Crippen MR) is 110 cm³/mol. The van der Waals surface area contributed by atoms with Crippen molar-refractivity contribution in [3.05, 3.63) is 0 Å². The SMILES string of the molecule is CCCCCCCCCCCCCCCCC(C)CCC(=O)OC.N. The summed E-state index contributed by atoms with van der Waals surface area (Å²) in [5.74, 6) is 0.587. The predicted octanol–water partition coefficient (Wildman–Crippen LogP) is 7.61. The van der Waals surface area contributed by atoms with Gasteiger partial charge in [0, 0.05) is 6.42 Å². The van der Waals surface area contributed by atoms with E-state index in [1.54, 1.807) is 0 Å². The third-order valence-corrected chi connectivity index (χ3v) is 5.12. The topological polar surface area (TPSA) is 61.3 Å². The van der Waals surface area contributed by atoms with Crippen LogP contribution in [0.15, 0.2) is 0 Å². The minimum Gasteiger partial charge on any atom is -0.469 e. The van der Waals surface area contributed by atoms with Gasteiger partial charge in [-0.15, -0.1) is 0 Å². The summed E-state index contributed by atoms with van der Waals surface area (Å²) < 4.78 is 4.69. The van der Waals surface area contributed by atoms with E-state index in [-0.39, 0.29) is 12.1 Å². The molecule has 0 spiro atoms. The maximum absolute atomic E-state index is 11.1. The summed E-state index contributed by atoms with van der Waals surface area (Å²) in [6.07, 6.45) is 22.6. The summed E-state index contributed by atoms with van der Waals surface area (Å²) in [6.45, 7) is 4.54. The first-order valence-corrected chi connectivity index (χ1v) is 10.8. The van der Waals surface area contributed by atoms with Crippen LogP contribution in [0.2, 0.25) is 0 Å². The van der Waals surface area contributed by atoms with Gasteiger partial charge >= 0.3 is 5.97 Å². The average molecular weight is 358 g/mol. The van der Waals surface area contributed by atoms with Gasteiger partial charge in [0.05, 0.1) is 7.11 Å². The Kier molecular flexibility index (Phi) is 22.9. The molecule has 0 fully saturated rings. The van der Waals surface area contributed by atoms with E-state index in [4.69, 9.17) is 0 Å². The molecule has 0 aliphatic rings. The van der Waals surface area contributed by atoms with E-state index in [2.05, 4.69) is 18.6 Å². The second-order valence-electron chi connectivity index (χ2n) is 7.60. The maximum atomic E-state index is 11.1. The van der Waals surface area contributed by atoms with Crippen LogP contribution in [0.1, 0.15) is 123 Å². The molecule has 0 aromatic carbocycles. The number of hydrogen-bond donors (Lipinski definition) is 1. The molecule has 0 aliphatic heterocycles. The lowest BCUT2D eigenvalue weighted by atomic mass is 9.97. The van der Waals surface area contributed by atoms with E-state index in [0.717, 1.165) is 6.42 Å². The fourth-order valence-corrected chi connectivity index (χ4v) is 3.30. The van der Waals surface area contributed by atoms with Crippen LogP contribution in [-0.2, 0) is 9.53 Å². The van der Waals surface area contributed by atoms with Crippen LogP contribution >= 0.6 is 0 Å². The Labute approximate surface area is 158 Å². The van der Waals surface area contributed by atoms with Crippen molar-refractivity contribution in [1.82, 2.24) is 6.15 Å². The Morgan fingerprint density at radius 1 is 0.720 bits per heavy atom. The lowest BCUT2D eigenvalue weighted by Crippen LogP contribution is -2.04. The first-order chi connectivity index (χ1) is 11.7. The molecular formula is C22H47NO2. The van der Waals surface area contributed by atoms with Gasteiger partial charge in [0.1, 0.15) is 0 Å². The number of carbonyl (C=O) groups excluding carboxylic acids is 1. The van der Waals surface area contributed by atoms with Crippen molar-refractivity contribution in [2.45, 2.75) is 123 Å². The molecule has 0 saturated carbocycles. The summed E-state index contributed by atoms with van der Waals surface area (Å²) in [4.78, 5) is 11.1. The average Bonchev–Trinajstić information content (AvgIpc) is 2.59. The molecular weight excluding hydrogens is 310 g/mol. The molecule has 3 nitrogen and oxygen atoms in total. The van der Waals surface area contributed by atoms with Gasteiger partial charge in [0.15, 0.2) is 0 Å². The normalized spacial score (nSPS) is 11.8. The van der Waals surface area contributed by atoms with Crippen molar-refractivity contribution in [1.29, 1.82) is 0 Å². The molecule has 0 rings (SSSR count). The molecule has 0 heterocycles. The smallest absolute Gasteiger partial charge is 0.305 e. The standard InChI is InChI=1S/C22H44O2.H3N/c1-4-5-6-7-8-9-10-11-12-13-14-15-16-17-18-21(2)19-20-22(23)24-3;/h21H,4-20H2,1-3H3;1H3. The monoisotopic (exact) mass is 357 g/mol. The Balaban J connectivity index is 0. The van der Waals surface area contributed by atoms with Crippen LogP contribution in [-0.4, -0.2) is 13.1 Å². The number of hydrogen-bond acceptors (Lipinski definition) is 3. The summed E-state index contributed by atoms with van der Waals surface area (Å²) >= 11 is 0. The molecule has 1 atom stereocenters. The number of rotatable bonds is 18. The Hall–Kier alpha value is -0.570. The van der Waals surface area contributed by atoms with Gasteiger partial charge < -0.3 is 10.9 Å². The highest BCUT2D eigenvalue weighted by molar-refractivity contribution is 5.69. The van der Waals surface area contributed by atoms with Gasteiger partial charge in [-0.3, -0.25) is 4.79 Å². The van der Waals surface area contributed by atoms with Gasteiger partial charge in [-0.1, -0.05) is 110 Å². The molecule has 0 aromatic heterocycles. The van der Waals surface area contributed by atoms with Gasteiger partial charge in [-0.2, -0.15) is 0 Å². The summed E-state index contributed by atoms with van der Waals surface area (Å²) in [5, 5.41) is 0. The second-order valence-corrected chi connectivity index (χ2v) is 7.60. The first kappa shape index (κ1) is 26.7. The Morgan fingerprint density at radius 2 is 1.12 bits per heavy atom.